The molecule has 2 aromatic rings. The third kappa shape index (κ3) is 1.13. The van der Waals surface area contributed by atoms with E-state index in [4.69, 9.17) is 28.3 Å². The fourth-order valence-corrected chi connectivity index (χ4v) is 1.69. The number of hydrogen-bond donors (Lipinski definition) is 2. The van der Waals surface area contributed by atoms with Crippen LogP contribution in [0.5, 0.6) is 5.88 Å². The average molecular weight is 202 g/mol. The van der Waals surface area contributed by atoms with Gasteiger partial charge in [-0.3, -0.25) is 0 Å². The van der Waals surface area contributed by atoms with Crippen LogP contribution in [0.25, 0.3) is 10.9 Å². The number of aromatic nitrogens is 1. The molecule has 0 fully saturated rings. The topological polar surface area (TPSA) is 36.0 Å². The van der Waals surface area contributed by atoms with Gasteiger partial charge in [0.1, 0.15) is 0 Å². The number of H-pyrrole nitrogens is 1. The Morgan fingerprint density at radius 2 is 1.92 bits per heavy atom. The molecular formula is C8H5Cl2NO. The molecule has 0 radical (unpaired) electrons. The lowest BCUT2D eigenvalue weighted by molar-refractivity contribution is 0.458. The molecule has 0 unspecified atom stereocenters. The van der Waals surface area contributed by atoms with Crippen LogP contribution >= 0.6 is 23.2 Å². The first-order valence-electron chi connectivity index (χ1n) is 3.33. The van der Waals surface area contributed by atoms with Gasteiger partial charge in [-0.15, -0.1) is 0 Å². The summed E-state index contributed by atoms with van der Waals surface area (Å²) in [6.07, 6.45) is 0. The third-order valence-corrected chi connectivity index (χ3v) is 2.17. The molecule has 4 heteroatoms. The van der Waals surface area contributed by atoms with Crippen molar-refractivity contribution in [1.29, 1.82) is 0 Å². The molecule has 2 rings (SSSR count). The quantitative estimate of drug-likeness (QED) is 0.676. The molecule has 0 aliphatic carbocycles. The first-order valence-corrected chi connectivity index (χ1v) is 4.09. The highest BCUT2D eigenvalue weighted by molar-refractivity contribution is 6.38. The number of nitrogens with one attached hydrogen (secondary N) is 1. The minimum atomic E-state index is 0.0918. The maximum absolute atomic E-state index is 9.11. The predicted octanol–water partition coefficient (Wildman–Crippen LogP) is 3.18. The smallest absolute Gasteiger partial charge is 0.189 e. The molecule has 0 amide bonds. The van der Waals surface area contributed by atoms with E-state index in [1.165, 1.54) is 0 Å². The molecule has 0 aliphatic rings. The van der Waals surface area contributed by atoms with Crippen molar-refractivity contribution in [2.45, 2.75) is 0 Å². The molecule has 0 saturated carbocycles. The van der Waals surface area contributed by atoms with Crippen molar-refractivity contribution < 1.29 is 5.11 Å². The second-order valence-corrected chi connectivity index (χ2v) is 3.35. The Balaban J connectivity index is 2.88. The maximum atomic E-state index is 9.11. The number of benzene rings is 1. The zero-order valence-corrected chi connectivity index (χ0v) is 7.45. The molecule has 0 bridgehead atoms. The van der Waals surface area contributed by atoms with Crippen LogP contribution in [0.15, 0.2) is 18.2 Å². The number of aromatic amines is 1. The lowest BCUT2D eigenvalue weighted by atomic mass is 10.2. The number of halogens is 2. The van der Waals surface area contributed by atoms with E-state index in [1.54, 1.807) is 18.2 Å². The zero-order chi connectivity index (χ0) is 8.72. The number of aromatic hydroxyl groups is 1. The minimum absolute atomic E-state index is 0.0918. The summed E-state index contributed by atoms with van der Waals surface area (Å²) in [5.74, 6) is 0.0918. The van der Waals surface area contributed by atoms with Crippen LogP contribution in [-0.2, 0) is 0 Å². The van der Waals surface area contributed by atoms with Crippen LogP contribution in [0.2, 0.25) is 10.0 Å². The highest BCUT2D eigenvalue weighted by Gasteiger charge is 2.04. The molecule has 0 saturated heterocycles. The summed E-state index contributed by atoms with van der Waals surface area (Å²) >= 11 is 11.6. The Hall–Kier alpha value is -0.860. The molecule has 0 spiro atoms. The fourth-order valence-electron chi connectivity index (χ4n) is 1.15. The van der Waals surface area contributed by atoms with E-state index in [0.29, 0.717) is 10.0 Å². The van der Waals surface area contributed by atoms with E-state index in [1.807, 2.05) is 0 Å². The second-order valence-electron chi connectivity index (χ2n) is 2.50. The average Bonchev–Trinajstić information content (AvgIpc) is 2.29. The van der Waals surface area contributed by atoms with Crippen LogP contribution in [0.3, 0.4) is 0 Å². The fraction of sp³-hybridized carbons (Fsp3) is 0. The van der Waals surface area contributed by atoms with E-state index in [9.17, 15) is 0 Å². The lowest BCUT2D eigenvalue weighted by Gasteiger charge is -1.93. The van der Waals surface area contributed by atoms with Gasteiger partial charge in [0.05, 0.1) is 10.5 Å². The Kier molecular flexibility index (Phi) is 1.67. The normalized spacial score (nSPS) is 10.8. The highest BCUT2D eigenvalue weighted by atomic mass is 35.5. The second kappa shape index (κ2) is 2.57. The molecule has 0 atom stereocenters. The zero-order valence-electron chi connectivity index (χ0n) is 5.94. The van der Waals surface area contributed by atoms with E-state index < -0.39 is 0 Å². The van der Waals surface area contributed by atoms with Crippen molar-refractivity contribution in [2.24, 2.45) is 0 Å². The molecule has 12 heavy (non-hydrogen) atoms. The first kappa shape index (κ1) is 7.77. The van der Waals surface area contributed by atoms with Gasteiger partial charge >= 0.3 is 0 Å². The first-order chi connectivity index (χ1) is 5.66. The highest BCUT2D eigenvalue weighted by Crippen LogP contribution is 2.29. The molecule has 62 valence electrons. The van der Waals surface area contributed by atoms with E-state index in [2.05, 4.69) is 4.98 Å². The molecule has 1 aromatic heterocycles. The number of fused-ring (bicyclic) bond motifs is 1. The molecule has 1 aromatic carbocycles. The summed E-state index contributed by atoms with van der Waals surface area (Å²) in [5.41, 5.74) is 0.741. The van der Waals surface area contributed by atoms with Crippen molar-refractivity contribution >= 4 is 34.1 Å². The van der Waals surface area contributed by atoms with E-state index >= 15 is 0 Å². The van der Waals surface area contributed by atoms with Crippen molar-refractivity contribution in [3.8, 4) is 5.88 Å². The van der Waals surface area contributed by atoms with E-state index in [-0.39, 0.29) is 5.88 Å². The van der Waals surface area contributed by atoms with Crippen molar-refractivity contribution in [3.63, 3.8) is 0 Å². The monoisotopic (exact) mass is 201 g/mol. The minimum Gasteiger partial charge on any atom is -0.495 e. The SMILES string of the molecule is Oc1cc2c(Cl)cc(Cl)cc2[nH]1. The van der Waals surface area contributed by atoms with Crippen molar-refractivity contribution in [1.82, 2.24) is 4.98 Å². The molecule has 2 nitrogen and oxygen atoms in total. The Morgan fingerprint density at radius 1 is 1.17 bits per heavy atom. The van der Waals surface area contributed by atoms with Crippen LogP contribution in [-0.4, -0.2) is 10.1 Å². The molecular weight excluding hydrogens is 197 g/mol. The molecule has 1 heterocycles. The van der Waals surface area contributed by atoms with Gasteiger partial charge in [-0.2, -0.15) is 0 Å². The predicted molar refractivity (Wildman–Crippen MR) is 50.0 cm³/mol. The summed E-state index contributed by atoms with van der Waals surface area (Å²) in [7, 11) is 0. The largest absolute Gasteiger partial charge is 0.495 e. The van der Waals surface area contributed by atoms with Crippen LogP contribution in [0, 0.1) is 0 Å². The summed E-state index contributed by atoms with van der Waals surface area (Å²) in [6.45, 7) is 0. The molecule has 0 aliphatic heterocycles. The van der Waals surface area contributed by atoms with Gasteiger partial charge in [0.2, 0.25) is 0 Å². The van der Waals surface area contributed by atoms with Gasteiger partial charge in [0, 0.05) is 16.5 Å². The van der Waals surface area contributed by atoms with Crippen LogP contribution in [0.1, 0.15) is 0 Å². The summed E-state index contributed by atoms with van der Waals surface area (Å²) in [4.78, 5) is 2.73. The Bertz CT molecular complexity index is 436. The van der Waals surface area contributed by atoms with Gasteiger partial charge < -0.3 is 10.1 Å². The Morgan fingerprint density at radius 3 is 2.67 bits per heavy atom. The van der Waals surface area contributed by atoms with Crippen molar-refractivity contribution in [3.05, 3.63) is 28.2 Å². The third-order valence-electron chi connectivity index (χ3n) is 1.64. The standard InChI is InChI=1S/C8H5Cl2NO/c9-4-1-6(10)5-3-8(12)11-7(5)2-4/h1-3,11-12H. The summed E-state index contributed by atoms with van der Waals surface area (Å²) < 4.78 is 0. The summed E-state index contributed by atoms with van der Waals surface area (Å²) in [5, 5.41) is 11.0. The van der Waals surface area contributed by atoms with Gasteiger partial charge in [0.25, 0.3) is 0 Å². The van der Waals surface area contributed by atoms with Gasteiger partial charge in [-0.1, -0.05) is 23.2 Å². The number of rotatable bonds is 0. The van der Waals surface area contributed by atoms with E-state index in [0.717, 1.165) is 10.9 Å². The van der Waals surface area contributed by atoms with Crippen LogP contribution in [0.4, 0.5) is 0 Å². The number of hydrogen-bond acceptors (Lipinski definition) is 1. The maximum Gasteiger partial charge on any atom is 0.189 e. The van der Waals surface area contributed by atoms with Gasteiger partial charge in [-0.25, -0.2) is 0 Å². The van der Waals surface area contributed by atoms with Gasteiger partial charge in [0.15, 0.2) is 5.88 Å². The molecule has 2 N–H and O–H groups in total. The Labute approximate surface area is 78.7 Å². The van der Waals surface area contributed by atoms with Crippen molar-refractivity contribution in [2.75, 3.05) is 0 Å². The van der Waals surface area contributed by atoms with Crippen LogP contribution < -0.4 is 0 Å². The lowest BCUT2D eigenvalue weighted by Crippen LogP contribution is -1.70. The summed E-state index contributed by atoms with van der Waals surface area (Å²) in [6, 6.07) is 4.91. The van der Waals surface area contributed by atoms with Gasteiger partial charge in [-0.05, 0) is 12.1 Å².